The van der Waals surface area contributed by atoms with Crippen LogP contribution in [0, 0.1) is 12.3 Å². The van der Waals surface area contributed by atoms with Crippen molar-refractivity contribution in [1.29, 1.82) is 0 Å². The van der Waals surface area contributed by atoms with Gasteiger partial charge in [-0.05, 0) is 30.4 Å². The normalized spacial score (nSPS) is 11.7. The van der Waals surface area contributed by atoms with E-state index < -0.39 is 0 Å². The van der Waals surface area contributed by atoms with Gasteiger partial charge in [-0.3, -0.25) is 0 Å². The number of rotatable bonds is 1. The van der Waals surface area contributed by atoms with Gasteiger partial charge in [-0.15, -0.1) is 0 Å². The molecule has 0 bridgehead atoms. The van der Waals surface area contributed by atoms with Crippen LogP contribution in [0.3, 0.4) is 0 Å². The Labute approximate surface area is 80.4 Å². The highest BCUT2D eigenvalue weighted by atomic mass is 16.3. The molecule has 0 atom stereocenters. The number of benzene rings is 1. The van der Waals surface area contributed by atoms with Gasteiger partial charge in [0.1, 0.15) is 5.75 Å². The molecule has 0 aliphatic carbocycles. The zero-order valence-electron chi connectivity index (χ0n) is 8.89. The highest BCUT2D eigenvalue weighted by Crippen LogP contribution is 2.27. The van der Waals surface area contributed by atoms with Crippen LogP contribution in [0.4, 0.5) is 0 Å². The zero-order chi connectivity index (χ0) is 10.1. The molecule has 0 spiro atoms. The van der Waals surface area contributed by atoms with Crippen molar-refractivity contribution in [3.05, 3.63) is 29.3 Å². The van der Waals surface area contributed by atoms with E-state index in [0.29, 0.717) is 5.75 Å². The Morgan fingerprint density at radius 3 is 2.38 bits per heavy atom. The molecular formula is C12H18O. The predicted octanol–water partition coefficient (Wildman–Crippen LogP) is 3.29. The molecular weight excluding hydrogens is 160 g/mol. The molecule has 72 valence electrons. The van der Waals surface area contributed by atoms with Crippen molar-refractivity contribution in [2.24, 2.45) is 5.41 Å². The topological polar surface area (TPSA) is 20.2 Å². The lowest BCUT2D eigenvalue weighted by molar-refractivity contribution is 0.394. The molecule has 1 heteroatoms. The van der Waals surface area contributed by atoms with E-state index in [4.69, 9.17) is 0 Å². The monoisotopic (exact) mass is 178 g/mol. The van der Waals surface area contributed by atoms with Crippen molar-refractivity contribution < 1.29 is 5.11 Å². The lowest BCUT2D eigenvalue weighted by Gasteiger charge is -2.19. The number of aromatic hydroxyl groups is 1. The van der Waals surface area contributed by atoms with Crippen LogP contribution in [0.15, 0.2) is 18.2 Å². The van der Waals surface area contributed by atoms with Gasteiger partial charge in [0, 0.05) is 0 Å². The van der Waals surface area contributed by atoms with Gasteiger partial charge in [0.2, 0.25) is 0 Å². The van der Waals surface area contributed by atoms with E-state index in [1.165, 1.54) is 5.56 Å². The third-order valence-electron chi connectivity index (χ3n) is 1.96. The van der Waals surface area contributed by atoms with E-state index in [9.17, 15) is 5.11 Å². The quantitative estimate of drug-likeness (QED) is 0.699. The third kappa shape index (κ3) is 3.10. The van der Waals surface area contributed by atoms with Crippen LogP contribution in [0.1, 0.15) is 31.9 Å². The fourth-order valence-electron chi connectivity index (χ4n) is 1.43. The van der Waals surface area contributed by atoms with E-state index in [2.05, 4.69) is 26.8 Å². The van der Waals surface area contributed by atoms with Crippen molar-refractivity contribution in [1.82, 2.24) is 0 Å². The molecule has 0 radical (unpaired) electrons. The lowest BCUT2D eigenvalue weighted by atomic mass is 9.87. The number of aryl methyl sites for hydroxylation is 1. The molecule has 1 nitrogen and oxygen atoms in total. The van der Waals surface area contributed by atoms with Crippen LogP contribution >= 0.6 is 0 Å². The van der Waals surface area contributed by atoms with E-state index >= 15 is 0 Å². The molecule has 0 saturated heterocycles. The van der Waals surface area contributed by atoms with Crippen LogP contribution in [0.25, 0.3) is 0 Å². The summed E-state index contributed by atoms with van der Waals surface area (Å²) in [5.74, 6) is 0.417. The van der Waals surface area contributed by atoms with E-state index in [1.54, 1.807) is 6.07 Å². The first-order valence-electron chi connectivity index (χ1n) is 4.67. The lowest BCUT2D eigenvalue weighted by Crippen LogP contribution is -2.09. The predicted molar refractivity (Wildman–Crippen MR) is 56.0 cm³/mol. The Balaban J connectivity index is 2.94. The second kappa shape index (κ2) is 3.41. The molecule has 0 heterocycles. The summed E-state index contributed by atoms with van der Waals surface area (Å²) in [7, 11) is 0. The third-order valence-corrected chi connectivity index (χ3v) is 1.96. The maximum Gasteiger partial charge on any atom is 0.118 e. The van der Waals surface area contributed by atoms with Gasteiger partial charge in [-0.2, -0.15) is 0 Å². The first-order valence-corrected chi connectivity index (χ1v) is 4.67. The molecule has 0 aliphatic heterocycles. The van der Waals surface area contributed by atoms with Gasteiger partial charge in [0.15, 0.2) is 0 Å². The summed E-state index contributed by atoms with van der Waals surface area (Å²) < 4.78 is 0. The first-order chi connectivity index (χ1) is 5.88. The number of hydrogen-bond acceptors (Lipinski definition) is 1. The standard InChI is InChI=1S/C12H18O/c1-9-5-6-11(13)10(7-9)8-12(2,3)4/h5-7,13H,8H2,1-4H3. The Morgan fingerprint density at radius 1 is 1.23 bits per heavy atom. The van der Waals surface area contributed by atoms with Crippen molar-refractivity contribution in [3.63, 3.8) is 0 Å². The van der Waals surface area contributed by atoms with Crippen LogP contribution in [0.2, 0.25) is 0 Å². The van der Waals surface area contributed by atoms with Gasteiger partial charge in [0.05, 0.1) is 0 Å². The molecule has 1 rings (SSSR count). The maximum absolute atomic E-state index is 9.60. The average molecular weight is 178 g/mol. The molecule has 1 aromatic carbocycles. The van der Waals surface area contributed by atoms with Crippen LogP contribution in [-0.4, -0.2) is 5.11 Å². The molecule has 0 aromatic heterocycles. The number of phenolic OH excluding ortho intramolecular Hbond substituents is 1. The molecule has 0 unspecified atom stereocenters. The zero-order valence-corrected chi connectivity index (χ0v) is 8.89. The molecule has 1 N–H and O–H groups in total. The second-order valence-electron chi connectivity index (χ2n) is 4.87. The minimum absolute atomic E-state index is 0.227. The summed E-state index contributed by atoms with van der Waals surface area (Å²) >= 11 is 0. The maximum atomic E-state index is 9.60. The summed E-state index contributed by atoms with van der Waals surface area (Å²) in [6.07, 6.45) is 0.917. The van der Waals surface area contributed by atoms with E-state index in [-0.39, 0.29) is 5.41 Å². The van der Waals surface area contributed by atoms with Gasteiger partial charge >= 0.3 is 0 Å². The minimum atomic E-state index is 0.227. The molecule has 13 heavy (non-hydrogen) atoms. The second-order valence-corrected chi connectivity index (χ2v) is 4.87. The summed E-state index contributed by atoms with van der Waals surface area (Å²) in [6, 6.07) is 5.76. The fraction of sp³-hybridized carbons (Fsp3) is 0.500. The Hall–Kier alpha value is -0.980. The van der Waals surface area contributed by atoms with Crippen molar-refractivity contribution in [2.75, 3.05) is 0 Å². The van der Waals surface area contributed by atoms with Gasteiger partial charge in [0.25, 0.3) is 0 Å². The number of phenols is 1. The highest BCUT2D eigenvalue weighted by Gasteiger charge is 2.13. The SMILES string of the molecule is Cc1ccc(O)c(CC(C)(C)C)c1. The van der Waals surface area contributed by atoms with Gasteiger partial charge in [-0.1, -0.05) is 38.5 Å². The van der Waals surface area contributed by atoms with Crippen molar-refractivity contribution >= 4 is 0 Å². The first kappa shape index (κ1) is 10.1. The Morgan fingerprint density at radius 2 is 1.85 bits per heavy atom. The van der Waals surface area contributed by atoms with Crippen molar-refractivity contribution in [2.45, 2.75) is 34.1 Å². The van der Waals surface area contributed by atoms with E-state index in [0.717, 1.165) is 12.0 Å². The summed E-state index contributed by atoms with van der Waals surface area (Å²) in [5.41, 5.74) is 2.48. The molecule has 0 aliphatic rings. The average Bonchev–Trinajstić information content (AvgIpc) is 1.94. The molecule has 0 amide bonds. The smallest absolute Gasteiger partial charge is 0.118 e. The Bertz CT molecular complexity index is 294. The van der Waals surface area contributed by atoms with Crippen molar-refractivity contribution in [3.8, 4) is 5.75 Å². The van der Waals surface area contributed by atoms with Crippen LogP contribution in [0.5, 0.6) is 5.75 Å². The largest absolute Gasteiger partial charge is 0.508 e. The fourth-order valence-corrected chi connectivity index (χ4v) is 1.43. The molecule has 0 fully saturated rings. The summed E-state index contributed by atoms with van der Waals surface area (Å²) in [5, 5.41) is 9.60. The molecule has 1 aromatic rings. The van der Waals surface area contributed by atoms with Gasteiger partial charge < -0.3 is 5.11 Å². The summed E-state index contributed by atoms with van der Waals surface area (Å²) in [4.78, 5) is 0. The van der Waals surface area contributed by atoms with E-state index in [1.807, 2.05) is 13.0 Å². The molecule has 0 saturated carbocycles. The van der Waals surface area contributed by atoms with Gasteiger partial charge in [-0.25, -0.2) is 0 Å². The Kier molecular flexibility index (Phi) is 2.65. The van der Waals surface area contributed by atoms with Crippen LogP contribution in [-0.2, 0) is 6.42 Å². The summed E-state index contributed by atoms with van der Waals surface area (Å²) in [6.45, 7) is 8.57. The number of hydrogen-bond donors (Lipinski definition) is 1. The highest BCUT2D eigenvalue weighted by molar-refractivity contribution is 5.36. The van der Waals surface area contributed by atoms with Crippen LogP contribution < -0.4 is 0 Å². The minimum Gasteiger partial charge on any atom is -0.508 e.